The van der Waals surface area contributed by atoms with Crippen LogP contribution in [0.15, 0.2) is 59.3 Å². The Morgan fingerprint density at radius 1 is 1.09 bits per heavy atom. The van der Waals surface area contributed by atoms with Gasteiger partial charge in [0.1, 0.15) is 22.7 Å². The Labute approximate surface area is 256 Å². The minimum absolute atomic E-state index is 0.109. The van der Waals surface area contributed by atoms with E-state index in [0.29, 0.717) is 60.1 Å². The number of alkyl halides is 3. The zero-order chi connectivity index (χ0) is 32.1. The van der Waals surface area contributed by atoms with Gasteiger partial charge in [-0.1, -0.05) is 49.3 Å². The van der Waals surface area contributed by atoms with Crippen molar-refractivity contribution in [2.75, 3.05) is 13.1 Å². The van der Waals surface area contributed by atoms with Crippen molar-refractivity contribution in [2.24, 2.45) is 0 Å². The molecule has 8 nitrogen and oxygen atoms in total. The molecular weight excluding hydrogens is 592 g/mol. The SMILES string of the molecule is CC.CC12CN(Cc3ccc(-c4cc(C(F)(F)F)on4)cc3)CCC1(c1ccc3ncc(C4CCC(=O)NC4=O)cc3c1F)O2. The van der Waals surface area contributed by atoms with Crippen LogP contribution >= 0.6 is 0 Å². The van der Waals surface area contributed by atoms with Gasteiger partial charge in [-0.3, -0.25) is 24.8 Å². The van der Waals surface area contributed by atoms with Gasteiger partial charge >= 0.3 is 6.18 Å². The summed E-state index contributed by atoms with van der Waals surface area (Å²) >= 11 is 0. The molecule has 1 N–H and O–H groups in total. The van der Waals surface area contributed by atoms with Crippen LogP contribution in [0.1, 0.15) is 68.4 Å². The minimum Gasteiger partial charge on any atom is -0.356 e. The summed E-state index contributed by atoms with van der Waals surface area (Å²) in [4.78, 5) is 30.6. The molecule has 3 atom stereocenters. The summed E-state index contributed by atoms with van der Waals surface area (Å²) in [7, 11) is 0. The lowest BCUT2D eigenvalue weighted by molar-refractivity contribution is -0.155. The van der Waals surface area contributed by atoms with Crippen molar-refractivity contribution >= 4 is 22.7 Å². The summed E-state index contributed by atoms with van der Waals surface area (Å²) in [6.45, 7) is 7.74. The minimum atomic E-state index is -4.60. The highest BCUT2D eigenvalue weighted by Gasteiger charge is 2.70. The number of piperidine rings is 2. The maximum atomic E-state index is 16.1. The lowest BCUT2D eigenvalue weighted by Gasteiger charge is -2.33. The van der Waals surface area contributed by atoms with E-state index in [2.05, 4.69) is 24.9 Å². The number of ether oxygens (including phenoxy) is 1. The molecule has 2 aromatic heterocycles. The van der Waals surface area contributed by atoms with Gasteiger partial charge in [0.15, 0.2) is 0 Å². The number of benzene rings is 2. The van der Waals surface area contributed by atoms with E-state index in [0.717, 1.165) is 11.6 Å². The Bertz CT molecular complexity index is 1770. The van der Waals surface area contributed by atoms with Gasteiger partial charge in [-0.25, -0.2) is 4.39 Å². The second kappa shape index (κ2) is 11.3. The average Bonchev–Trinajstić information content (AvgIpc) is 3.34. The maximum Gasteiger partial charge on any atom is 0.452 e. The monoisotopic (exact) mass is 624 g/mol. The Hall–Kier alpha value is -4.16. The van der Waals surface area contributed by atoms with Gasteiger partial charge in [0.05, 0.1) is 11.4 Å². The van der Waals surface area contributed by atoms with E-state index in [9.17, 15) is 22.8 Å². The summed E-state index contributed by atoms with van der Waals surface area (Å²) in [5, 5.41) is 6.18. The topological polar surface area (TPSA) is 101 Å². The zero-order valence-electron chi connectivity index (χ0n) is 25.0. The van der Waals surface area contributed by atoms with Gasteiger partial charge in [-0.2, -0.15) is 13.2 Å². The number of carbonyl (C=O) groups is 2. The van der Waals surface area contributed by atoms with Crippen LogP contribution in [-0.4, -0.2) is 45.5 Å². The summed E-state index contributed by atoms with van der Waals surface area (Å²) in [6, 6.07) is 13.1. The number of hydrogen-bond acceptors (Lipinski definition) is 7. The number of amides is 2. The fourth-order valence-electron chi connectivity index (χ4n) is 6.54. The van der Waals surface area contributed by atoms with E-state index in [4.69, 9.17) is 4.74 Å². The quantitative estimate of drug-likeness (QED) is 0.154. The average molecular weight is 625 g/mol. The van der Waals surface area contributed by atoms with Crippen molar-refractivity contribution in [2.45, 2.75) is 69.9 Å². The molecule has 2 aromatic carbocycles. The summed E-state index contributed by atoms with van der Waals surface area (Å²) in [5.74, 6) is -2.85. The lowest BCUT2D eigenvalue weighted by atomic mass is 9.80. The third-order valence-corrected chi connectivity index (χ3v) is 8.86. The van der Waals surface area contributed by atoms with Gasteiger partial charge in [-0.05, 0) is 43.0 Å². The van der Waals surface area contributed by atoms with Gasteiger partial charge in [0, 0.05) is 54.8 Å². The Morgan fingerprint density at radius 3 is 2.51 bits per heavy atom. The predicted octanol–water partition coefficient (Wildman–Crippen LogP) is 6.48. The van der Waals surface area contributed by atoms with Crippen LogP contribution in [0.5, 0.6) is 0 Å². The van der Waals surface area contributed by atoms with E-state index in [-0.39, 0.29) is 18.0 Å². The number of nitrogens with zero attached hydrogens (tertiary/aromatic N) is 3. The van der Waals surface area contributed by atoms with Gasteiger partial charge in [0.2, 0.25) is 17.6 Å². The normalized spacial score (nSPS) is 24.9. The highest BCUT2D eigenvalue weighted by molar-refractivity contribution is 6.01. The molecule has 4 aromatic rings. The van der Waals surface area contributed by atoms with Crippen LogP contribution in [0.4, 0.5) is 17.6 Å². The highest BCUT2D eigenvalue weighted by Crippen LogP contribution is 2.61. The maximum absolute atomic E-state index is 16.1. The number of imide groups is 1. The van der Waals surface area contributed by atoms with E-state index in [1.807, 2.05) is 32.9 Å². The number of nitrogens with one attached hydrogen (secondary N) is 1. The summed E-state index contributed by atoms with van der Waals surface area (Å²) in [6.07, 6.45) is -1.90. The standard InChI is InChI=1S/C31H26F4N4O4.C2H6/c1-29-16-39(15-17-2-4-18(5-3-17)24-13-25(42-38-24)31(33,34)35)11-10-30(29,43-29)22-7-8-23-21(27(22)32)12-19(14-36-23)20-6-9-26(40)37-28(20)41;1-2/h2-5,7-8,12-14,20H,6,9-11,15-16H2,1H3,(H,37,40,41);1-2H3. The molecule has 45 heavy (non-hydrogen) atoms. The third-order valence-electron chi connectivity index (χ3n) is 8.86. The summed E-state index contributed by atoms with van der Waals surface area (Å²) in [5.41, 5.74) is 1.66. The second-order valence-corrected chi connectivity index (χ2v) is 11.7. The first kappa shape index (κ1) is 30.8. The smallest absolute Gasteiger partial charge is 0.356 e. The third kappa shape index (κ3) is 5.50. The number of aromatic nitrogens is 2. The van der Waals surface area contributed by atoms with E-state index in [1.54, 1.807) is 36.5 Å². The molecule has 0 aliphatic carbocycles. The molecule has 5 heterocycles. The van der Waals surface area contributed by atoms with Crippen molar-refractivity contribution in [1.82, 2.24) is 20.4 Å². The first-order valence-electron chi connectivity index (χ1n) is 14.9. The van der Waals surface area contributed by atoms with Crippen LogP contribution in [0.2, 0.25) is 0 Å². The molecule has 0 saturated carbocycles. The number of epoxide rings is 1. The van der Waals surface area contributed by atoms with Gasteiger partial charge in [0.25, 0.3) is 0 Å². The molecule has 12 heteroatoms. The predicted molar refractivity (Wildman–Crippen MR) is 156 cm³/mol. The number of hydrogen-bond donors (Lipinski definition) is 1. The fraction of sp³-hybridized carbons (Fsp3) is 0.394. The van der Waals surface area contributed by atoms with Gasteiger partial charge in [-0.15, -0.1) is 0 Å². The first-order chi connectivity index (χ1) is 21.5. The summed E-state index contributed by atoms with van der Waals surface area (Å²) < 4.78 is 65.4. The number of halogens is 4. The molecule has 3 aliphatic heterocycles. The lowest BCUT2D eigenvalue weighted by Crippen LogP contribution is -2.44. The first-order valence-corrected chi connectivity index (χ1v) is 14.9. The van der Waals surface area contributed by atoms with Crippen molar-refractivity contribution < 1.29 is 36.4 Å². The van der Waals surface area contributed by atoms with E-state index in [1.165, 1.54) is 0 Å². The van der Waals surface area contributed by atoms with Crippen LogP contribution < -0.4 is 5.32 Å². The van der Waals surface area contributed by atoms with Crippen molar-refractivity contribution in [3.05, 3.63) is 83.0 Å². The number of likely N-dealkylation sites (tertiary alicyclic amines) is 1. The van der Waals surface area contributed by atoms with E-state index < -0.39 is 40.8 Å². The highest BCUT2D eigenvalue weighted by atomic mass is 19.4. The van der Waals surface area contributed by atoms with E-state index >= 15 is 4.39 Å². The Kier molecular flexibility index (Phi) is 7.77. The fourth-order valence-corrected chi connectivity index (χ4v) is 6.54. The molecule has 236 valence electrons. The number of rotatable bonds is 5. The number of carbonyl (C=O) groups excluding carboxylic acids is 2. The Balaban J connectivity index is 0.00000175. The molecule has 3 fully saturated rings. The molecule has 3 aliphatic rings. The molecule has 0 radical (unpaired) electrons. The van der Waals surface area contributed by atoms with Crippen LogP contribution in [0.3, 0.4) is 0 Å². The van der Waals surface area contributed by atoms with Crippen LogP contribution in [0.25, 0.3) is 22.2 Å². The molecule has 3 saturated heterocycles. The zero-order valence-corrected chi connectivity index (χ0v) is 25.0. The van der Waals surface area contributed by atoms with Gasteiger partial charge < -0.3 is 9.26 Å². The Morgan fingerprint density at radius 2 is 1.84 bits per heavy atom. The van der Waals surface area contributed by atoms with Crippen molar-refractivity contribution in [3.8, 4) is 11.3 Å². The molecule has 3 unspecified atom stereocenters. The number of pyridine rings is 1. The second-order valence-electron chi connectivity index (χ2n) is 11.7. The molecule has 7 rings (SSSR count). The molecule has 2 amide bonds. The van der Waals surface area contributed by atoms with Crippen molar-refractivity contribution in [3.63, 3.8) is 0 Å². The van der Waals surface area contributed by atoms with Crippen LogP contribution in [-0.2, 0) is 32.6 Å². The largest absolute Gasteiger partial charge is 0.452 e. The number of fused-ring (bicyclic) bond motifs is 2. The molecular formula is C33H32F4N4O4. The van der Waals surface area contributed by atoms with Crippen LogP contribution in [0, 0.1) is 5.82 Å². The van der Waals surface area contributed by atoms with Crippen molar-refractivity contribution in [1.29, 1.82) is 0 Å². The molecule has 0 spiro atoms. The molecule has 0 bridgehead atoms.